The van der Waals surface area contributed by atoms with Gasteiger partial charge in [-0.25, -0.2) is 0 Å². The van der Waals surface area contributed by atoms with E-state index in [-0.39, 0.29) is 11.8 Å². The fourth-order valence-electron chi connectivity index (χ4n) is 3.82. The van der Waals surface area contributed by atoms with E-state index in [1.807, 2.05) is 25.1 Å². The summed E-state index contributed by atoms with van der Waals surface area (Å²) < 4.78 is 0. The minimum atomic E-state index is 0.158. The van der Waals surface area contributed by atoms with E-state index in [2.05, 4.69) is 29.6 Å². The van der Waals surface area contributed by atoms with Gasteiger partial charge < -0.3 is 5.32 Å². The van der Waals surface area contributed by atoms with Crippen molar-refractivity contribution in [3.8, 4) is 0 Å². The molecule has 0 spiro atoms. The molecule has 1 saturated carbocycles. The van der Waals surface area contributed by atoms with Crippen molar-refractivity contribution < 1.29 is 4.79 Å². The molecule has 0 heterocycles. The van der Waals surface area contributed by atoms with Gasteiger partial charge in [0.15, 0.2) is 0 Å². The van der Waals surface area contributed by atoms with Crippen molar-refractivity contribution >= 4 is 23.2 Å². The van der Waals surface area contributed by atoms with E-state index in [1.165, 1.54) is 0 Å². The van der Waals surface area contributed by atoms with Crippen molar-refractivity contribution in [3.63, 3.8) is 0 Å². The first kappa shape index (κ1) is 17.3. The van der Waals surface area contributed by atoms with E-state index in [1.54, 1.807) is 0 Å². The molecule has 0 bridgehead atoms. The van der Waals surface area contributed by atoms with Crippen LogP contribution in [0.5, 0.6) is 0 Å². The lowest BCUT2D eigenvalue weighted by Crippen LogP contribution is -2.16. The Morgan fingerprint density at radius 1 is 1.00 bits per heavy atom. The van der Waals surface area contributed by atoms with Gasteiger partial charge >= 0.3 is 0 Å². The number of carbonyl (C=O) groups is 1. The van der Waals surface area contributed by atoms with Gasteiger partial charge in [0.1, 0.15) is 0 Å². The van der Waals surface area contributed by atoms with E-state index >= 15 is 0 Å². The molecule has 0 radical (unpaired) electrons. The van der Waals surface area contributed by atoms with Gasteiger partial charge in [0.2, 0.25) is 5.91 Å². The summed E-state index contributed by atoms with van der Waals surface area (Å²) in [6, 6.07) is 5.67. The molecule has 1 unspecified atom stereocenters. The van der Waals surface area contributed by atoms with Crippen molar-refractivity contribution in [2.24, 2.45) is 17.8 Å². The van der Waals surface area contributed by atoms with Crippen LogP contribution in [0.2, 0.25) is 5.02 Å². The van der Waals surface area contributed by atoms with Crippen LogP contribution in [0.1, 0.15) is 44.1 Å². The van der Waals surface area contributed by atoms with Gasteiger partial charge in [0, 0.05) is 16.6 Å². The summed E-state index contributed by atoms with van der Waals surface area (Å²) in [6.07, 6.45) is 15.8. The van der Waals surface area contributed by atoms with E-state index in [9.17, 15) is 4.79 Å². The van der Waals surface area contributed by atoms with Gasteiger partial charge in [0.25, 0.3) is 0 Å². The molecule has 3 atom stereocenters. The molecule has 2 nitrogen and oxygen atoms in total. The Morgan fingerprint density at radius 2 is 1.58 bits per heavy atom. The molecule has 1 aromatic rings. The number of halogens is 1. The third kappa shape index (κ3) is 4.10. The number of anilines is 1. The highest BCUT2D eigenvalue weighted by molar-refractivity contribution is 6.31. The molecule has 1 fully saturated rings. The first-order valence-corrected chi connectivity index (χ1v) is 9.42. The summed E-state index contributed by atoms with van der Waals surface area (Å²) in [5.41, 5.74) is 1.78. The summed E-state index contributed by atoms with van der Waals surface area (Å²) in [5.74, 6) is 1.38. The number of benzene rings is 1. The van der Waals surface area contributed by atoms with Crippen molar-refractivity contribution in [2.45, 2.75) is 45.4 Å². The molecule has 0 aliphatic heterocycles. The molecular weight excluding hydrogens is 318 g/mol. The highest BCUT2D eigenvalue weighted by Crippen LogP contribution is 2.52. The van der Waals surface area contributed by atoms with Gasteiger partial charge in [-0.05, 0) is 75.0 Å². The molecule has 0 aromatic heterocycles. The van der Waals surface area contributed by atoms with Crippen LogP contribution in [0, 0.1) is 24.7 Å². The zero-order valence-corrected chi connectivity index (χ0v) is 15.1. The molecule has 24 heavy (non-hydrogen) atoms. The number of nitrogens with one attached hydrogen (secondary N) is 1. The average Bonchev–Trinajstić information content (AvgIpc) is 3.24. The first-order chi connectivity index (χ1) is 11.7. The van der Waals surface area contributed by atoms with Crippen molar-refractivity contribution in [1.82, 2.24) is 0 Å². The maximum absolute atomic E-state index is 12.7. The number of hydrogen-bond acceptors (Lipinski definition) is 1. The molecule has 1 amide bonds. The number of fused-ring (bicyclic) bond motifs is 1. The highest BCUT2D eigenvalue weighted by Gasteiger charge is 2.52. The van der Waals surface area contributed by atoms with E-state index < -0.39 is 0 Å². The largest absolute Gasteiger partial charge is 0.326 e. The molecule has 3 rings (SSSR count). The Balaban J connectivity index is 1.65. The molecule has 3 heteroatoms. The predicted octanol–water partition coefficient (Wildman–Crippen LogP) is 5.92. The Kier molecular flexibility index (Phi) is 5.78. The molecule has 2 aliphatic rings. The third-order valence-corrected chi connectivity index (χ3v) is 5.74. The van der Waals surface area contributed by atoms with Gasteiger partial charge in [-0.2, -0.15) is 0 Å². The second-order valence-corrected chi connectivity index (χ2v) is 7.34. The van der Waals surface area contributed by atoms with Crippen molar-refractivity contribution in [3.05, 3.63) is 53.1 Å². The Bertz CT molecular complexity index is 625. The van der Waals surface area contributed by atoms with E-state index in [0.717, 1.165) is 49.8 Å². The topological polar surface area (TPSA) is 29.1 Å². The SMILES string of the molecule is Cc1c(Cl)cccc1NC(=O)C1[C@H]2CC/C=C\CC/C=C/CC[C@H]12. The van der Waals surface area contributed by atoms with Crippen molar-refractivity contribution in [2.75, 3.05) is 5.32 Å². The fraction of sp³-hybridized carbons (Fsp3) is 0.476. The Morgan fingerprint density at radius 3 is 2.21 bits per heavy atom. The summed E-state index contributed by atoms with van der Waals surface area (Å²) >= 11 is 6.16. The fourth-order valence-corrected chi connectivity index (χ4v) is 4.00. The number of allylic oxidation sites excluding steroid dienone is 4. The summed E-state index contributed by atoms with van der Waals surface area (Å²) in [4.78, 5) is 12.7. The molecule has 2 aliphatic carbocycles. The lowest BCUT2D eigenvalue weighted by molar-refractivity contribution is -0.117. The molecule has 128 valence electrons. The minimum absolute atomic E-state index is 0.158. The van der Waals surface area contributed by atoms with Gasteiger partial charge in [0.05, 0.1) is 0 Å². The Hall–Kier alpha value is -1.54. The standard InChI is InChI=1S/C21H26ClNO/c1-15-18(22)13-10-14-19(15)23-21(24)20-16-11-8-6-4-2-3-5-7-9-12-17(16)20/h4-7,10,13-14,16-17,20H,2-3,8-9,11-12H2,1H3,(H,23,24)/b6-4-,7-5+/t16-,17-,20?/m0/s1. The summed E-state index contributed by atoms with van der Waals surface area (Å²) in [7, 11) is 0. The quantitative estimate of drug-likeness (QED) is 0.664. The smallest absolute Gasteiger partial charge is 0.228 e. The zero-order chi connectivity index (χ0) is 16.9. The first-order valence-electron chi connectivity index (χ1n) is 9.04. The summed E-state index contributed by atoms with van der Waals surface area (Å²) in [5, 5.41) is 3.81. The second kappa shape index (κ2) is 8.02. The van der Waals surface area contributed by atoms with Gasteiger partial charge in [-0.3, -0.25) is 4.79 Å². The molecule has 1 aromatic carbocycles. The van der Waals surface area contributed by atoms with Crippen LogP contribution < -0.4 is 5.32 Å². The van der Waals surface area contributed by atoms with Crippen LogP contribution in [0.15, 0.2) is 42.5 Å². The van der Waals surface area contributed by atoms with Crippen LogP contribution in [0.25, 0.3) is 0 Å². The third-order valence-electron chi connectivity index (χ3n) is 5.33. The van der Waals surface area contributed by atoms with Crippen LogP contribution in [0.3, 0.4) is 0 Å². The average molecular weight is 344 g/mol. The molecule has 0 saturated heterocycles. The number of carbonyl (C=O) groups excluding carboxylic acids is 1. The number of amides is 1. The molecule has 1 N–H and O–H groups in total. The maximum Gasteiger partial charge on any atom is 0.228 e. The monoisotopic (exact) mass is 343 g/mol. The predicted molar refractivity (Wildman–Crippen MR) is 101 cm³/mol. The summed E-state index contributed by atoms with van der Waals surface area (Å²) in [6.45, 7) is 1.95. The van der Waals surface area contributed by atoms with Crippen molar-refractivity contribution in [1.29, 1.82) is 0 Å². The van der Waals surface area contributed by atoms with Crippen LogP contribution >= 0.6 is 11.6 Å². The van der Waals surface area contributed by atoms with E-state index in [4.69, 9.17) is 11.6 Å². The lowest BCUT2D eigenvalue weighted by atomic mass is 10.1. The number of hydrogen-bond donors (Lipinski definition) is 1. The van der Waals surface area contributed by atoms with Gasteiger partial charge in [-0.1, -0.05) is 42.0 Å². The lowest BCUT2D eigenvalue weighted by Gasteiger charge is -2.09. The highest BCUT2D eigenvalue weighted by atomic mass is 35.5. The minimum Gasteiger partial charge on any atom is -0.326 e. The van der Waals surface area contributed by atoms with Gasteiger partial charge in [-0.15, -0.1) is 0 Å². The zero-order valence-electron chi connectivity index (χ0n) is 14.3. The molecular formula is C21H26ClNO. The Labute approximate surface area is 150 Å². The maximum atomic E-state index is 12.7. The normalized spacial score (nSPS) is 29.5. The van der Waals surface area contributed by atoms with Crippen LogP contribution in [-0.2, 0) is 4.79 Å². The number of rotatable bonds is 2. The van der Waals surface area contributed by atoms with Crippen LogP contribution in [0.4, 0.5) is 5.69 Å². The van der Waals surface area contributed by atoms with Crippen LogP contribution in [-0.4, -0.2) is 5.91 Å². The van der Waals surface area contributed by atoms with E-state index in [0.29, 0.717) is 16.9 Å². The second-order valence-electron chi connectivity index (χ2n) is 6.93.